The number of rotatable bonds is 15. The third kappa shape index (κ3) is 16.8. The molecular weight excluding hydrogens is 308 g/mol. The van der Waals surface area contributed by atoms with Crippen molar-refractivity contribution in [1.82, 2.24) is 5.48 Å². The van der Waals surface area contributed by atoms with Crippen molar-refractivity contribution in [1.29, 1.82) is 0 Å². The number of amides is 2. The van der Waals surface area contributed by atoms with E-state index in [1.165, 1.54) is 51.4 Å². The lowest BCUT2D eigenvalue weighted by Crippen LogP contribution is -2.28. The first-order chi connectivity index (χ1) is 11.6. The lowest BCUT2D eigenvalue weighted by molar-refractivity contribution is -0.158. The highest BCUT2D eigenvalue weighted by Crippen LogP contribution is 2.12. The molecule has 0 aromatic rings. The molecule has 0 heterocycles. The highest BCUT2D eigenvalue weighted by atomic mass is 16.7. The highest BCUT2D eigenvalue weighted by Gasteiger charge is 2.08. The zero-order chi connectivity index (χ0) is 18.0. The molecule has 0 fully saturated rings. The van der Waals surface area contributed by atoms with Crippen molar-refractivity contribution in [3.05, 3.63) is 0 Å². The van der Waals surface area contributed by atoms with E-state index < -0.39 is 17.8 Å². The fraction of sp³-hybridized carbons (Fsp3) is 0.833. The molecule has 6 heteroatoms. The Balaban J connectivity index is 3.31. The molecule has 140 valence electrons. The van der Waals surface area contributed by atoms with Gasteiger partial charge in [0.1, 0.15) is 0 Å². The molecule has 0 saturated heterocycles. The van der Waals surface area contributed by atoms with E-state index in [0.29, 0.717) is 6.42 Å². The molecule has 0 rings (SSSR count). The molecule has 0 aromatic carbocycles. The van der Waals surface area contributed by atoms with Gasteiger partial charge in [-0.15, -0.1) is 0 Å². The second kappa shape index (κ2) is 16.3. The van der Waals surface area contributed by atoms with Crippen molar-refractivity contribution in [2.24, 2.45) is 5.73 Å². The summed E-state index contributed by atoms with van der Waals surface area (Å²) in [5.74, 6) is -1.52. The van der Waals surface area contributed by atoms with Crippen LogP contribution in [-0.2, 0) is 19.2 Å². The summed E-state index contributed by atoms with van der Waals surface area (Å²) in [5, 5.41) is 0. The van der Waals surface area contributed by atoms with Crippen LogP contribution in [0.3, 0.4) is 0 Å². The summed E-state index contributed by atoms with van der Waals surface area (Å²) in [6, 6.07) is 0. The number of nitrogens with one attached hydrogen (secondary N) is 1. The Bertz CT molecular complexity index is 359. The van der Waals surface area contributed by atoms with Crippen molar-refractivity contribution < 1.29 is 19.2 Å². The Morgan fingerprint density at radius 2 is 1.25 bits per heavy atom. The molecular formula is C18H34N2O4. The van der Waals surface area contributed by atoms with Gasteiger partial charge in [0.25, 0.3) is 5.91 Å². The third-order valence-corrected chi connectivity index (χ3v) is 3.86. The smallest absolute Gasteiger partial charge is 0.332 e. The van der Waals surface area contributed by atoms with E-state index in [-0.39, 0.29) is 12.8 Å². The van der Waals surface area contributed by atoms with E-state index in [4.69, 9.17) is 5.73 Å². The van der Waals surface area contributed by atoms with E-state index in [2.05, 4.69) is 11.8 Å². The first-order valence-electron chi connectivity index (χ1n) is 9.33. The fourth-order valence-corrected chi connectivity index (χ4v) is 2.39. The van der Waals surface area contributed by atoms with Gasteiger partial charge in [0.05, 0.1) is 0 Å². The molecule has 24 heavy (non-hydrogen) atoms. The SMILES string of the molecule is CCCCCCCCCCCCCC(=O)ONC(=O)CCC(N)=O. The fourth-order valence-electron chi connectivity index (χ4n) is 2.39. The molecule has 0 atom stereocenters. The van der Waals surface area contributed by atoms with Crippen LogP contribution in [0.1, 0.15) is 96.8 Å². The van der Waals surface area contributed by atoms with Gasteiger partial charge in [0, 0.05) is 19.3 Å². The summed E-state index contributed by atoms with van der Waals surface area (Å²) in [5.41, 5.74) is 6.95. The van der Waals surface area contributed by atoms with E-state index >= 15 is 0 Å². The van der Waals surface area contributed by atoms with Gasteiger partial charge in [-0.2, -0.15) is 5.48 Å². The van der Waals surface area contributed by atoms with Gasteiger partial charge in [0.2, 0.25) is 5.91 Å². The van der Waals surface area contributed by atoms with E-state index in [1.54, 1.807) is 0 Å². The van der Waals surface area contributed by atoms with E-state index in [1.807, 2.05) is 5.48 Å². The van der Waals surface area contributed by atoms with Crippen LogP contribution < -0.4 is 11.2 Å². The van der Waals surface area contributed by atoms with Crippen LogP contribution in [0.5, 0.6) is 0 Å². The average Bonchev–Trinajstić information content (AvgIpc) is 2.56. The quantitative estimate of drug-likeness (QED) is 0.351. The Kier molecular flexibility index (Phi) is 15.2. The Morgan fingerprint density at radius 3 is 1.75 bits per heavy atom. The minimum Gasteiger partial charge on any atom is -0.370 e. The molecule has 0 aliphatic heterocycles. The maximum absolute atomic E-state index is 11.4. The van der Waals surface area contributed by atoms with Crippen molar-refractivity contribution in [2.75, 3.05) is 0 Å². The van der Waals surface area contributed by atoms with Gasteiger partial charge in [0.15, 0.2) is 0 Å². The number of unbranched alkanes of at least 4 members (excludes halogenated alkanes) is 10. The summed E-state index contributed by atoms with van der Waals surface area (Å²) in [6.07, 6.45) is 13.6. The zero-order valence-electron chi connectivity index (χ0n) is 15.1. The molecule has 0 saturated carbocycles. The highest BCUT2D eigenvalue weighted by molar-refractivity contribution is 5.83. The van der Waals surface area contributed by atoms with Crippen LogP contribution in [0.2, 0.25) is 0 Å². The number of primary amides is 1. The maximum Gasteiger partial charge on any atom is 0.332 e. The molecule has 0 aliphatic carbocycles. The van der Waals surface area contributed by atoms with Crippen LogP contribution in [0.4, 0.5) is 0 Å². The summed E-state index contributed by atoms with van der Waals surface area (Å²) >= 11 is 0. The van der Waals surface area contributed by atoms with Crippen LogP contribution in [-0.4, -0.2) is 17.8 Å². The van der Waals surface area contributed by atoms with Gasteiger partial charge in [-0.3, -0.25) is 9.59 Å². The molecule has 0 spiro atoms. The van der Waals surface area contributed by atoms with Gasteiger partial charge >= 0.3 is 5.97 Å². The first kappa shape index (κ1) is 22.4. The van der Waals surface area contributed by atoms with Crippen LogP contribution in [0, 0.1) is 0 Å². The normalized spacial score (nSPS) is 10.4. The molecule has 0 aliphatic rings. The number of carbonyl (C=O) groups excluding carboxylic acids is 3. The zero-order valence-corrected chi connectivity index (χ0v) is 15.1. The number of carbonyl (C=O) groups is 3. The predicted octanol–water partition coefficient (Wildman–Crippen LogP) is 3.53. The molecule has 6 nitrogen and oxygen atoms in total. The van der Waals surface area contributed by atoms with Crippen molar-refractivity contribution in [2.45, 2.75) is 96.8 Å². The topological polar surface area (TPSA) is 98.5 Å². The van der Waals surface area contributed by atoms with Crippen LogP contribution >= 0.6 is 0 Å². The molecule has 0 aromatic heterocycles. The maximum atomic E-state index is 11.4. The number of hydrogen-bond donors (Lipinski definition) is 2. The standard InChI is InChI=1S/C18H34N2O4/c1-2-3-4-5-6-7-8-9-10-11-12-13-18(23)24-20-17(22)15-14-16(19)21/h2-15H2,1H3,(H2,19,21)(H,20,22). The van der Waals surface area contributed by atoms with Crippen LogP contribution in [0.15, 0.2) is 0 Å². The van der Waals surface area contributed by atoms with E-state index in [0.717, 1.165) is 19.3 Å². The second-order valence-electron chi connectivity index (χ2n) is 6.25. The lowest BCUT2D eigenvalue weighted by atomic mass is 10.1. The van der Waals surface area contributed by atoms with Gasteiger partial charge in [-0.05, 0) is 6.42 Å². The van der Waals surface area contributed by atoms with E-state index in [9.17, 15) is 14.4 Å². The minimum absolute atomic E-state index is 0.0536. The molecule has 0 unspecified atom stereocenters. The number of hydrogen-bond acceptors (Lipinski definition) is 4. The largest absolute Gasteiger partial charge is 0.370 e. The Morgan fingerprint density at radius 1 is 0.750 bits per heavy atom. The van der Waals surface area contributed by atoms with Gasteiger partial charge in [-0.1, -0.05) is 71.1 Å². The Labute approximate surface area is 145 Å². The minimum atomic E-state index is -0.558. The summed E-state index contributed by atoms with van der Waals surface area (Å²) in [7, 11) is 0. The predicted molar refractivity (Wildman–Crippen MR) is 93.7 cm³/mol. The van der Waals surface area contributed by atoms with Gasteiger partial charge in [-0.25, -0.2) is 4.79 Å². The first-order valence-corrected chi connectivity index (χ1v) is 9.33. The Hall–Kier alpha value is -1.59. The van der Waals surface area contributed by atoms with Crippen LogP contribution in [0.25, 0.3) is 0 Å². The summed E-state index contributed by atoms with van der Waals surface area (Å²) in [4.78, 5) is 37.8. The van der Waals surface area contributed by atoms with Crippen molar-refractivity contribution in [3.8, 4) is 0 Å². The second-order valence-corrected chi connectivity index (χ2v) is 6.25. The lowest BCUT2D eigenvalue weighted by Gasteiger charge is -2.05. The van der Waals surface area contributed by atoms with Crippen molar-refractivity contribution in [3.63, 3.8) is 0 Å². The molecule has 0 radical (unpaired) electrons. The van der Waals surface area contributed by atoms with Crippen molar-refractivity contribution >= 4 is 17.8 Å². The van der Waals surface area contributed by atoms with Gasteiger partial charge < -0.3 is 10.6 Å². The molecule has 3 N–H and O–H groups in total. The number of nitrogens with two attached hydrogens (primary N) is 1. The average molecular weight is 342 g/mol. The number of hydroxylamine groups is 1. The monoisotopic (exact) mass is 342 g/mol. The molecule has 2 amide bonds. The summed E-state index contributed by atoms with van der Waals surface area (Å²) in [6.45, 7) is 2.23. The third-order valence-electron chi connectivity index (χ3n) is 3.86. The molecule has 0 bridgehead atoms. The summed E-state index contributed by atoms with van der Waals surface area (Å²) < 4.78 is 0.